The number of anilines is 2. The number of nitrogens with one attached hydrogen (secondary N) is 3. The van der Waals surface area contributed by atoms with E-state index in [2.05, 4.69) is 20.6 Å². The third-order valence-electron chi connectivity index (χ3n) is 8.18. The van der Waals surface area contributed by atoms with Crippen molar-refractivity contribution in [2.75, 3.05) is 24.3 Å². The van der Waals surface area contributed by atoms with E-state index < -0.39 is 29.8 Å². The lowest BCUT2D eigenvalue weighted by Crippen LogP contribution is -2.34. The summed E-state index contributed by atoms with van der Waals surface area (Å²) in [6.45, 7) is 9.47. The van der Waals surface area contributed by atoms with Crippen LogP contribution >= 0.6 is 0 Å². The predicted octanol–water partition coefficient (Wildman–Crippen LogP) is 6.98. The van der Waals surface area contributed by atoms with Gasteiger partial charge in [-0.2, -0.15) is 0 Å². The Balaban J connectivity index is 1.24. The fourth-order valence-electron chi connectivity index (χ4n) is 5.71. The number of carbonyl (C=O) groups is 3. The Morgan fingerprint density at radius 3 is 2.49 bits per heavy atom. The topological polar surface area (TPSA) is 168 Å². The number of carboxylic acids is 1. The number of nitrogens with zero attached hydrogens (tertiary/aromatic N) is 3. The van der Waals surface area contributed by atoms with Crippen LogP contribution in [0.2, 0.25) is 0 Å². The van der Waals surface area contributed by atoms with Gasteiger partial charge < -0.3 is 34.3 Å². The number of carbonyl (C=O) groups excluding carboxylic acids is 2. The van der Waals surface area contributed by atoms with Crippen LogP contribution in [0.3, 0.4) is 0 Å². The smallest absolute Gasteiger partial charge is 0.411 e. The summed E-state index contributed by atoms with van der Waals surface area (Å²) in [7, 11) is 1.64. The van der Waals surface area contributed by atoms with E-state index in [1.54, 1.807) is 101 Å². The van der Waals surface area contributed by atoms with Gasteiger partial charge >= 0.3 is 18.2 Å². The summed E-state index contributed by atoms with van der Waals surface area (Å²) in [5.41, 5.74) is 3.85. The molecule has 0 spiro atoms. The van der Waals surface area contributed by atoms with Crippen LogP contribution in [0.1, 0.15) is 61.9 Å². The van der Waals surface area contributed by atoms with E-state index in [1.807, 2.05) is 30.5 Å². The van der Waals surface area contributed by atoms with E-state index in [1.165, 1.54) is 4.90 Å². The summed E-state index contributed by atoms with van der Waals surface area (Å²) in [5, 5.41) is 17.1. The van der Waals surface area contributed by atoms with Crippen molar-refractivity contribution >= 4 is 40.3 Å². The molecular weight excluding hydrogens is 652 g/mol. The number of imidazole rings is 1. The number of aromatic nitrogens is 3. The minimum atomic E-state index is -1.07. The molecule has 0 saturated carbocycles. The molecule has 1 unspecified atom stereocenters. The Bertz CT molecular complexity index is 2100. The molecule has 5 rings (SSSR count). The van der Waals surface area contributed by atoms with E-state index in [-0.39, 0.29) is 24.6 Å². The SMILES string of the molecule is Cc1cc(C(Nc2ccc3cc[nH]c(=O)c3c2)C(=O)O)ccc1[C@@H](C)COC(=O)Nc1ccc(-n2ccnc2)c(CN(C)C(=O)OC(C)(C)C)c1. The minimum Gasteiger partial charge on any atom is -0.479 e. The van der Waals surface area contributed by atoms with Crippen LogP contribution in [0.4, 0.5) is 21.0 Å². The van der Waals surface area contributed by atoms with Crippen molar-refractivity contribution in [3.8, 4) is 5.69 Å². The summed E-state index contributed by atoms with van der Waals surface area (Å²) in [4.78, 5) is 58.4. The molecule has 4 N–H and O–H groups in total. The van der Waals surface area contributed by atoms with Gasteiger partial charge in [-0.25, -0.2) is 19.4 Å². The summed E-state index contributed by atoms with van der Waals surface area (Å²) in [6.07, 6.45) is 5.52. The fraction of sp³-hybridized carbons (Fsp3) is 0.289. The molecule has 51 heavy (non-hydrogen) atoms. The number of aliphatic carboxylic acids is 1. The van der Waals surface area contributed by atoms with Gasteiger partial charge in [0.25, 0.3) is 5.56 Å². The number of aromatic amines is 1. The zero-order valence-corrected chi connectivity index (χ0v) is 29.4. The van der Waals surface area contributed by atoms with Crippen LogP contribution in [0.15, 0.2) is 90.4 Å². The first kappa shape index (κ1) is 36.2. The lowest BCUT2D eigenvalue weighted by atomic mass is 9.93. The summed E-state index contributed by atoms with van der Waals surface area (Å²) in [6, 6.07) is 16.5. The van der Waals surface area contributed by atoms with Crippen molar-refractivity contribution in [3.63, 3.8) is 0 Å². The van der Waals surface area contributed by atoms with Gasteiger partial charge in [-0.1, -0.05) is 31.2 Å². The molecule has 266 valence electrons. The van der Waals surface area contributed by atoms with Gasteiger partial charge in [0.2, 0.25) is 0 Å². The lowest BCUT2D eigenvalue weighted by Gasteiger charge is -2.25. The average Bonchev–Trinajstić information content (AvgIpc) is 3.60. The number of benzene rings is 3. The molecule has 0 bridgehead atoms. The molecule has 0 aliphatic rings. The molecule has 2 aromatic heterocycles. The Hall–Kier alpha value is -6.11. The number of carboxylic acid groups (broad SMARTS) is 1. The highest BCUT2D eigenvalue weighted by molar-refractivity contribution is 5.87. The number of rotatable bonds is 11. The van der Waals surface area contributed by atoms with Crippen LogP contribution in [0.25, 0.3) is 16.5 Å². The Kier molecular flexibility index (Phi) is 10.8. The molecule has 13 nitrogen and oxygen atoms in total. The highest BCUT2D eigenvalue weighted by Crippen LogP contribution is 2.28. The molecule has 3 aromatic carbocycles. The van der Waals surface area contributed by atoms with Crippen molar-refractivity contribution in [1.82, 2.24) is 19.4 Å². The zero-order valence-electron chi connectivity index (χ0n) is 29.4. The number of H-pyrrole nitrogens is 1. The van der Waals surface area contributed by atoms with Gasteiger partial charge in [0.15, 0.2) is 6.04 Å². The quantitative estimate of drug-likeness (QED) is 0.114. The maximum atomic E-state index is 12.9. The molecule has 0 aliphatic carbocycles. The first-order chi connectivity index (χ1) is 24.2. The van der Waals surface area contributed by atoms with Crippen molar-refractivity contribution in [1.29, 1.82) is 0 Å². The largest absolute Gasteiger partial charge is 0.479 e. The number of fused-ring (bicyclic) bond motifs is 1. The maximum absolute atomic E-state index is 12.9. The van der Waals surface area contributed by atoms with Crippen molar-refractivity contribution in [3.05, 3.63) is 118 Å². The Morgan fingerprint density at radius 2 is 1.80 bits per heavy atom. The second kappa shape index (κ2) is 15.2. The van der Waals surface area contributed by atoms with Gasteiger partial charge in [-0.3, -0.25) is 10.1 Å². The Morgan fingerprint density at radius 1 is 1.04 bits per heavy atom. The molecule has 0 fully saturated rings. The zero-order chi connectivity index (χ0) is 36.9. The molecule has 2 atom stereocenters. The van der Waals surface area contributed by atoms with Crippen LogP contribution in [-0.2, 0) is 20.8 Å². The predicted molar refractivity (Wildman–Crippen MR) is 194 cm³/mol. The molecule has 0 aliphatic heterocycles. The summed E-state index contributed by atoms with van der Waals surface area (Å²) in [5.74, 6) is -1.27. The first-order valence-electron chi connectivity index (χ1n) is 16.4. The van der Waals surface area contributed by atoms with Gasteiger partial charge in [-0.15, -0.1) is 0 Å². The average molecular weight is 695 g/mol. The van der Waals surface area contributed by atoms with E-state index in [9.17, 15) is 24.3 Å². The number of ether oxygens (including phenoxy) is 2. The Labute approximate surface area is 295 Å². The van der Waals surface area contributed by atoms with Crippen molar-refractivity contribution in [2.45, 2.75) is 58.7 Å². The number of hydrogen-bond donors (Lipinski definition) is 4. The second-order valence-electron chi connectivity index (χ2n) is 13.4. The van der Waals surface area contributed by atoms with Crippen LogP contribution in [0, 0.1) is 6.92 Å². The molecular formula is C38H42N6O7. The summed E-state index contributed by atoms with van der Waals surface area (Å²) < 4.78 is 12.9. The van der Waals surface area contributed by atoms with Gasteiger partial charge in [0.05, 0.1) is 25.2 Å². The highest BCUT2D eigenvalue weighted by atomic mass is 16.6. The number of amides is 2. The van der Waals surface area contributed by atoms with E-state index in [0.717, 1.165) is 27.8 Å². The van der Waals surface area contributed by atoms with Gasteiger partial charge in [-0.05, 0) is 91.7 Å². The van der Waals surface area contributed by atoms with Crippen LogP contribution < -0.4 is 16.2 Å². The number of hydrogen-bond acceptors (Lipinski definition) is 8. The molecule has 2 amide bonds. The fourth-order valence-corrected chi connectivity index (χ4v) is 5.71. The second-order valence-corrected chi connectivity index (χ2v) is 13.4. The monoisotopic (exact) mass is 694 g/mol. The number of aryl methyl sites for hydroxylation is 1. The minimum absolute atomic E-state index is 0.0691. The number of pyridine rings is 1. The molecule has 5 aromatic rings. The normalized spacial score (nSPS) is 12.5. The van der Waals surface area contributed by atoms with Crippen molar-refractivity contribution in [2.24, 2.45) is 0 Å². The molecule has 13 heteroatoms. The third kappa shape index (κ3) is 9.12. The molecule has 2 heterocycles. The van der Waals surface area contributed by atoms with E-state index in [4.69, 9.17) is 9.47 Å². The molecule has 0 radical (unpaired) electrons. The van der Waals surface area contributed by atoms with Gasteiger partial charge in [0.1, 0.15) is 5.60 Å². The maximum Gasteiger partial charge on any atom is 0.411 e. The van der Waals surface area contributed by atoms with Gasteiger partial charge in [0, 0.05) is 48.3 Å². The van der Waals surface area contributed by atoms with Crippen LogP contribution in [0.5, 0.6) is 0 Å². The first-order valence-corrected chi connectivity index (χ1v) is 16.4. The molecule has 0 saturated heterocycles. The lowest BCUT2D eigenvalue weighted by molar-refractivity contribution is -0.138. The van der Waals surface area contributed by atoms with E-state index in [0.29, 0.717) is 22.3 Å². The van der Waals surface area contributed by atoms with E-state index >= 15 is 0 Å². The third-order valence-corrected chi connectivity index (χ3v) is 8.18. The van der Waals surface area contributed by atoms with Crippen LogP contribution in [-0.4, -0.2) is 62.0 Å². The van der Waals surface area contributed by atoms with Crippen molar-refractivity contribution < 1.29 is 29.0 Å². The standard InChI is InChI=1S/C38H42N6O7/c1-23-17-26(33(35(46)47)41-29-9-7-25-13-14-40-34(45)31(25)19-29)8-11-30(23)24(2)21-50-36(48)42-28-10-12-32(44-16-15-39-22-44)27(18-28)20-43(6)37(49)51-38(3,4)5/h7-19,22,24,33,41H,20-21H2,1-6H3,(H,40,45)(H,42,48)(H,46,47)/t24-,33?/m0/s1. The highest BCUT2D eigenvalue weighted by Gasteiger charge is 2.23. The summed E-state index contributed by atoms with van der Waals surface area (Å²) >= 11 is 0.